The molecule has 11 heavy (non-hydrogen) atoms. The van der Waals surface area contributed by atoms with Crippen LogP contribution < -0.4 is 0 Å². The molecule has 0 aliphatic rings. The van der Waals surface area contributed by atoms with E-state index in [1.165, 1.54) is 4.90 Å². The van der Waals surface area contributed by atoms with E-state index in [1.54, 1.807) is 11.8 Å². The zero-order chi connectivity index (χ0) is 8.10. The molecule has 0 spiro atoms. The molecule has 0 saturated heterocycles. The normalized spacial score (nSPS) is 9.55. The standard InChI is InChI=1S/C9H9ClS/c1-2-6-11-9-5-3-4-8(10)7-9/h2-5,7H,1,6H2. The van der Waals surface area contributed by atoms with Crippen LogP contribution in [0, 0.1) is 0 Å². The number of hydrogen-bond acceptors (Lipinski definition) is 1. The van der Waals surface area contributed by atoms with Crippen molar-refractivity contribution in [3.05, 3.63) is 41.9 Å². The zero-order valence-corrected chi connectivity index (χ0v) is 7.66. The molecule has 0 bridgehead atoms. The minimum Gasteiger partial charge on any atom is -0.122 e. The first-order valence-corrected chi connectivity index (χ1v) is 4.68. The Morgan fingerprint density at radius 2 is 2.36 bits per heavy atom. The molecular formula is C9H9ClS. The zero-order valence-electron chi connectivity index (χ0n) is 6.09. The van der Waals surface area contributed by atoms with Gasteiger partial charge in [0, 0.05) is 15.7 Å². The van der Waals surface area contributed by atoms with E-state index in [2.05, 4.69) is 6.58 Å². The lowest BCUT2D eigenvalue weighted by Crippen LogP contribution is -1.72. The molecule has 58 valence electrons. The third kappa shape index (κ3) is 3.00. The summed E-state index contributed by atoms with van der Waals surface area (Å²) >= 11 is 7.52. The van der Waals surface area contributed by atoms with Crippen LogP contribution in [0.15, 0.2) is 41.8 Å². The molecule has 0 aliphatic heterocycles. The average molecular weight is 185 g/mol. The summed E-state index contributed by atoms with van der Waals surface area (Å²) in [7, 11) is 0. The van der Waals surface area contributed by atoms with Gasteiger partial charge < -0.3 is 0 Å². The molecule has 2 heteroatoms. The van der Waals surface area contributed by atoms with Crippen LogP contribution in [0.2, 0.25) is 5.02 Å². The van der Waals surface area contributed by atoms with Crippen LogP contribution in [0.3, 0.4) is 0 Å². The van der Waals surface area contributed by atoms with Gasteiger partial charge in [-0.3, -0.25) is 0 Å². The van der Waals surface area contributed by atoms with E-state index in [1.807, 2.05) is 30.3 Å². The summed E-state index contributed by atoms with van der Waals surface area (Å²) in [5.41, 5.74) is 0. The number of benzene rings is 1. The lowest BCUT2D eigenvalue weighted by atomic mass is 10.4. The number of halogens is 1. The maximum atomic E-state index is 5.78. The fraction of sp³-hybridized carbons (Fsp3) is 0.111. The number of rotatable bonds is 3. The Kier molecular flexibility index (Phi) is 3.53. The summed E-state index contributed by atoms with van der Waals surface area (Å²) in [6.07, 6.45) is 1.88. The second kappa shape index (κ2) is 4.47. The summed E-state index contributed by atoms with van der Waals surface area (Å²) in [5.74, 6) is 0.931. The first-order valence-electron chi connectivity index (χ1n) is 3.32. The highest BCUT2D eigenvalue weighted by molar-refractivity contribution is 7.99. The number of hydrogen-bond donors (Lipinski definition) is 0. The fourth-order valence-electron chi connectivity index (χ4n) is 0.712. The Labute approximate surface area is 76.3 Å². The van der Waals surface area contributed by atoms with E-state index in [0.29, 0.717) is 0 Å². The predicted octanol–water partition coefficient (Wildman–Crippen LogP) is 3.62. The Morgan fingerprint density at radius 1 is 1.55 bits per heavy atom. The van der Waals surface area contributed by atoms with Gasteiger partial charge in [0.1, 0.15) is 0 Å². The SMILES string of the molecule is C=CCSc1cccc(Cl)c1. The lowest BCUT2D eigenvalue weighted by Gasteiger charge is -1.97. The number of thioether (sulfide) groups is 1. The second-order valence-electron chi connectivity index (χ2n) is 2.06. The highest BCUT2D eigenvalue weighted by Gasteiger charge is 1.91. The van der Waals surface area contributed by atoms with E-state index in [9.17, 15) is 0 Å². The molecular weight excluding hydrogens is 176 g/mol. The van der Waals surface area contributed by atoms with Crippen LogP contribution in [0.4, 0.5) is 0 Å². The molecule has 0 nitrogen and oxygen atoms in total. The van der Waals surface area contributed by atoms with Crippen molar-refractivity contribution < 1.29 is 0 Å². The van der Waals surface area contributed by atoms with Crippen molar-refractivity contribution in [2.24, 2.45) is 0 Å². The van der Waals surface area contributed by atoms with Gasteiger partial charge in [0.15, 0.2) is 0 Å². The van der Waals surface area contributed by atoms with Gasteiger partial charge in [0.25, 0.3) is 0 Å². The summed E-state index contributed by atoms with van der Waals surface area (Å²) in [6.45, 7) is 3.64. The van der Waals surface area contributed by atoms with Crippen molar-refractivity contribution in [3.8, 4) is 0 Å². The van der Waals surface area contributed by atoms with E-state index in [0.717, 1.165) is 10.8 Å². The van der Waals surface area contributed by atoms with Crippen molar-refractivity contribution in [1.82, 2.24) is 0 Å². The van der Waals surface area contributed by atoms with E-state index in [-0.39, 0.29) is 0 Å². The summed E-state index contributed by atoms with van der Waals surface area (Å²) < 4.78 is 0. The first-order chi connectivity index (χ1) is 5.33. The minimum atomic E-state index is 0.791. The van der Waals surface area contributed by atoms with Gasteiger partial charge in [-0.25, -0.2) is 0 Å². The Bertz CT molecular complexity index is 245. The molecule has 1 rings (SSSR count). The fourth-order valence-corrected chi connectivity index (χ4v) is 1.66. The van der Waals surface area contributed by atoms with Gasteiger partial charge in [0.2, 0.25) is 0 Å². The molecule has 0 aromatic heterocycles. The van der Waals surface area contributed by atoms with Gasteiger partial charge in [-0.05, 0) is 18.2 Å². The molecule has 0 N–H and O–H groups in total. The largest absolute Gasteiger partial charge is 0.122 e. The van der Waals surface area contributed by atoms with Crippen LogP contribution in [0.25, 0.3) is 0 Å². The van der Waals surface area contributed by atoms with Crippen LogP contribution in [0.1, 0.15) is 0 Å². The Morgan fingerprint density at radius 3 is 3.00 bits per heavy atom. The van der Waals surface area contributed by atoms with Gasteiger partial charge >= 0.3 is 0 Å². The molecule has 0 aliphatic carbocycles. The van der Waals surface area contributed by atoms with E-state index in [4.69, 9.17) is 11.6 Å². The molecule has 1 aromatic carbocycles. The highest BCUT2D eigenvalue weighted by Crippen LogP contribution is 2.21. The smallest absolute Gasteiger partial charge is 0.0417 e. The molecule has 0 amide bonds. The lowest BCUT2D eigenvalue weighted by molar-refractivity contribution is 1.46. The average Bonchev–Trinajstić information content (AvgIpc) is 2.01. The van der Waals surface area contributed by atoms with Crippen molar-refractivity contribution >= 4 is 23.4 Å². The summed E-state index contributed by atoms with van der Waals surface area (Å²) in [4.78, 5) is 1.19. The Hall–Kier alpha value is -0.400. The molecule has 0 fully saturated rings. The molecule has 0 atom stereocenters. The summed E-state index contributed by atoms with van der Waals surface area (Å²) in [6, 6.07) is 7.82. The highest BCUT2D eigenvalue weighted by atomic mass is 35.5. The van der Waals surface area contributed by atoms with Gasteiger partial charge in [-0.1, -0.05) is 23.7 Å². The molecule has 0 heterocycles. The molecule has 0 saturated carbocycles. The monoisotopic (exact) mass is 184 g/mol. The molecule has 1 aromatic rings. The van der Waals surface area contributed by atoms with E-state index < -0.39 is 0 Å². The summed E-state index contributed by atoms with van der Waals surface area (Å²) in [5, 5.41) is 0.791. The third-order valence-electron chi connectivity index (χ3n) is 1.16. The molecule has 0 radical (unpaired) electrons. The maximum absolute atomic E-state index is 5.78. The van der Waals surface area contributed by atoms with Crippen LogP contribution in [-0.2, 0) is 0 Å². The van der Waals surface area contributed by atoms with Crippen molar-refractivity contribution in [2.45, 2.75) is 4.90 Å². The second-order valence-corrected chi connectivity index (χ2v) is 3.59. The van der Waals surface area contributed by atoms with Gasteiger partial charge in [0.05, 0.1) is 0 Å². The van der Waals surface area contributed by atoms with Crippen LogP contribution in [0.5, 0.6) is 0 Å². The van der Waals surface area contributed by atoms with Crippen LogP contribution in [-0.4, -0.2) is 5.75 Å². The third-order valence-corrected chi connectivity index (χ3v) is 2.39. The topological polar surface area (TPSA) is 0 Å². The quantitative estimate of drug-likeness (QED) is 0.511. The van der Waals surface area contributed by atoms with E-state index >= 15 is 0 Å². The Balaban J connectivity index is 2.63. The minimum absolute atomic E-state index is 0.791. The predicted molar refractivity (Wildman–Crippen MR) is 52.4 cm³/mol. The maximum Gasteiger partial charge on any atom is 0.0417 e. The van der Waals surface area contributed by atoms with Crippen molar-refractivity contribution in [3.63, 3.8) is 0 Å². The van der Waals surface area contributed by atoms with Crippen LogP contribution >= 0.6 is 23.4 Å². The first kappa shape index (κ1) is 8.69. The van der Waals surface area contributed by atoms with Gasteiger partial charge in [-0.2, -0.15) is 0 Å². The van der Waals surface area contributed by atoms with Gasteiger partial charge in [-0.15, -0.1) is 18.3 Å². The van der Waals surface area contributed by atoms with Crippen molar-refractivity contribution in [1.29, 1.82) is 0 Å². The van der Waals surface area contributed by atoms with Crippen molar-refractivity contribution in [2.75, 3.05) is 5.75 Å². The molecule has 0 unspecified atom stereocenters.